The van der Waals surface area contributed by atoms with E-state index in [1.165, 1.54) is 23.1 Å². The number of nitrogens with zero attached hydrogens (tertiary/aromatic N) is 1. The van der Waals surface area contributed by atoms with Gasteiger partial charge in [-0.05, 0) is 35.6 Å². The Balaban J connectivity index is 1.86. The Hall–Kier alpha value is -2.60. The first kappa shape index (κ1) is 16.8. The quantitative estimate of drug-likeness (QED) is 0.380. The van der Waals surface area contributed by atoms with Gasteiger partial charge in [-0.2, -0.15) is 0 Å². The number of nitro groups is 1. The van der Waals surface area contributed by atoms with Crippen LogP contribution in [0.25, 0.3) is 6.08 Å². The summed E-state index contributed by atoms with van der Waals surface area (Å²) in [6.07, 6.45) is 5.23. The normalized spacial score (nSPS) is 10.7. The van der Waals surface area contributed by atoms with E-state index < -0.39 is 4.92 Å². The highest BCUT2D eigenvalue weighted by Gasteiger charge is 2.04. The lowest BCUT2D eigenvalue weighted by molar-refractivity contribution is -0.384. The van der Waals surface area contributed by atoms with Crippen LogP contribution in [-0.4, -0.2) is 17.1 Å². The number of carbonyl (C=O) groups is 1. The van der Waals surface area contributed by atoms with E-state index in [9.17, 15) is 14.9 Å². The third-order valence-corrected chi connectivity index (χ3v) is 3.90. The van der Waals surface area contributed by atoms with Crippen LogP contribution in [0.2, 0.25) is 0 Å². The molecule has 0 aliphatic heterocycles. The van der Waals surface area contributed by atoms with Gasteiger partial charge in [0.1, 0.15) is 0 Å². The van der Waals surface area contributed by atoms with Crippen molar-refractivity contribution in [1.29, 1.82) is 0 Å². The molecule has 0 radical (unpaired) electrons. The average molecular weight is 328 g/mol. The van der Waals surface area contributed by atoms with Crippen LogP contribution in [0.5, 0.6) is 0 Å². The monoisotopic (exact) mass is 328 g/mol. The summed E-state index contributed by atoms with van der Waals surface area (Å²) in [5.74, 6) is -0.211. The van der Waals surface area contributed by atoms with Crippen LogP contribution in [0.3, 0.4) is 0 Å². The lowest BCUT2D eigenvalue weighted by Crippen LogP contribution is -2.20. The summed E-state index contributed by atoms with van der Waals surface area (Å²) in [7, 11) is 0. The number of benzene rings is 2. The van der Waals surface area contributed by atoms with Gasteiger partial charge in [0.05, 0.1) is 4.92 Å². The van der Waals surface area contributed by atoms with E-state index in [0.29, 0.717) is 6.54 Å². The molecule has 23 heavy (non-hydrogen) atoms. The summed E-state index contributed by atoms with van der Waals surface area (Å²) in [6.45, 7) is 0.326. The first-order chi connectivity index (χ1) is 11.1. The molecule has 0 atom stereocenters. The van der Waals surface area contributed by atoms with Crippen molar-refractivity contribution in [3.63, 3.8) is 0 Å². The minimum absolute atomic E-state index is 0.0358. The number of carbonyl (C=O) groups excluding carboxylic acids is 1. The molecule has 0 saturated heterocycles. The van der Waals surface area contributed by atoms with Crippen LogP contribution >= 0.6 is 11.8 Å². The van der Waals surface area contributed by atoms with Gasteiger partial charge in [0, 0.05) is 29.6 Å². The van der Waals surface area contributed by atoms with E-state index in [-0.39, 0.29) is 11.6 Å². The minimum atomic E-state index is -0.451. The van der Waals surface area contributed by atoms with E-state index in [0.717, 1.165) is 11.1 Å². The van der Waals surface area contributed by atoms with Gasteiger partial charge in [-0.1, -0.05) is 24.3 Å². The Morgan fingerprint density at radius 3 is 2.39 bits per heavy atom. The maximum Gasteiger partial charge on any atom is 0.269 e. The van der Waals surface area contributed by atoms with E-state index >= 15 is 0 Å². The Morgan fingerprint density at radius 2 is 1.83 bits per heavy atom. The third-order valence-electron chi connectivity index (χ3n) is 3.16. The topological polar surface area (TPSA) is 72.2 Å². The summed E-state index contributed by atoms with van der Waals surface area (Å²) in [5, 5.41) is 13.3. The van der Waals surface area contributed by atoms with Gasteiger partial charge in [0.15, 0.2) is 0 Å². The molecule has 5 nitrogen and oxygen atoms in total. The van der Waals surface area contributed by atoms with E-state index in [1.54, 1.807) is 30.0 Å². The Labute approximate surface area is 138 Å². The first-order valence-electron chi connectivity index (χ1n) is 6.92. The van der Waals surface area contributed by atoms with Gasteiger partial charge in [-0.25, -0.2) is 0 Å². The van der Waals surface area contributed by atoms with Gasteiger partial charge in [-0.3, -0.25) is 14.9 Å². The van der Waals surface area contributed by atoms with Crippen molar-refractivity contribution >= 4 is 29.4 Å². The molecule has 0 aliphatic rings. The lowest BCUT2D eigenvalue weighted by atomic mass is 10.2. The predicted molar refractivity (Wildman–Crippen MR) is 92.2 cm³/mol. The molecule has 0 aromatic heterocycles. The third kappa shape index (κ3) is 5.27. The van der Waals surface area contributed by atoms with E-state index in [2.05, 4.69) is 5.32 Å². The molecule has 0 unspecified atom stereocenters. The Bertz CT molecular complexity index is 710. The highest BCUT2D eigenvalue weighted by atomic mass is 32.2. The zero-order chi connectivity index (χ0) is 16.7. The van der Waals surface area contributed by atoms with Gasteiger partial charge in [0.2, 0.25) is 5.91 Å². The van der Waals surface area contributed by atoms with Crippen molar-refractivity contribution in [2.24, 2.45) is 0 Å². The smallest absolute Gasteiger partial charge is 0.269 e. The van der Waals surface area contributed by atoms with E-state index in [4.69, 9.17) is 0 Å². The number of thioether (sulfide) groups is 1. The number of nitro benzene ring substituents is 1. The molecule has 0 aliphatic carbocycles. The summed E-state index contributed by atoms with van der Waals surface area (Å²) in [4.78, 5) is 23.1. The van der Waals surface area contributed by atoms with Crippen LogP contribution in [0.1, 0.15) is 11.1 Å². The van der Waals surface area contributed by atoms with Crippen LogP contribution in [0, 0.1) is 10.1 Å². The van der Waals surface area contributed by atoms with Crippen LogP contribution in [0.15, 0.2) is 59.5 Å². The van der Waals surface area contributed by atoms with Crippen LogP contribution < -0.4 is 5.32 Å². The van der Waals surface area contributed by atoms with Crippen molar-refractivity contribution in [1.82, 2.24) is 5.32 Å². The van der Waals surface area contributed by atoms with Crippen molar-refractivity contribution in [3.05, 3.63) is 75.8 Å². The second kappa shape index (κ2) is 8.14. The molecule has 2 aromatic carbocycles. The predicted octanol–water partition coefficient (Wildman–Crippen LogP) is 3.65. The average Bonchev–Trinajstić information content (AvgIpc) is 2.59. The number of hydrogen-bond donors (Lipinski definition) is 1. The molecule has 0 spiro atoms. The molecule has 2 rings (SSSR count). The fourth-order valence-electron chi connectivity index (χ4n) is 1.87. The molecular weight excluding hydrogens is 312 g/mol. The van der Waals surface area contributed by atoms with Crippen molar-refractivity contribution in [2.75, 3.05) is 6.26 Å². The molecule has 0 saturated carbocycles. The SMILES string of the molecule is CSc1ccc(C=CC(=O)NCc2ccc([N+](=O)[O-])cc2)cc1. The van der Waals surface area contributed by atoms with Gasteiger partial charge < -0.3 is 5.32 Å². The van der Waals surface area contributed by atoms with Gasteiger partial charge in [0.25, 0.3) is 5.69 Å². The maximum atomic E-state index is 11.8. The van der Waals surface area contributed by atoms with E-state index in [1.807, 2.05) is 30.5 Å². The zero-order valence-corrected chi connectivity index (χ0v) is 13.4. The largest absolute Gasteiger partial charge is 0.348 e. The van der Waals surface area contributed by atoms with Gasteiger partial charge >= 0.3 is 0 Å². The summed E-state index contributed by atoms with van der Waals surface area (Å²) in [5.41, 5.74) is 1.80. The highest BCUT2D eigenvalue weighted by molar-refractivity contribution is 7.98. The fraction of sp³-hybridized carbons (Fsp3) is 0.118. The molecule has 0 fully saturated rings. The minimum Gasteiger partial charge on any atom is -0.348 e. The highest BCUT2D eigenvalue weighted by Crippen LogP contribution is 2.15. The molecule has 2 aromatic rings. The molecular formula is C17H16N2O3S. The maximum absolute atomic E-state index is 11.8. The summed E-state index contributed by atoms with van der Waals surface area (Å²) >= 11 is 1.66. The number of amides is 1. The lowest BCUT2D eigenvalue weighted by Gasteiger charge is -2.02. The Morgan fingerprint density at radius 1 is 1.17 bits per heavy atom. The molecule has 118 valence electrons. The molecule has 0 heterocycles. The number of nitrogens with one attached hydrogen (secondary N) is 1. The van der Waals surface area contributed by atoms with Crippen molar-refractivity contribution in [2.45, 2.75) is 11.4 Å². The summed E-state index contributed by atoms with van der Waals surface area (Å²) < 4.78 is 0. The van der Waals surface area contributed by atoms with Crippen LogP contribution in [0.4, 0.5) is 5.69 Å². The van der Waals surface area contributed by atoms with Crippen molar-refractivity contribution in [3.8, 4) is 0 Å². The van der Waals surface area contributed by atoms with Crippen LogP contribution in [-0.2, 0) is 11.3 Å². The number of rotatable bonds is 6. The molecule has 0 bridgehead atoms. The zero-order valence-electron chi connectivity index (χ0n) is 12.6. The molecule has 1 amide bonds. The molecule has 6 heteroatoms. The number of hydrogen-bond acceptors (Lipinski definition) is 4. The first-order valence-corrected chi connectivity index (χ1v) is 8.14. The standard InChI is InChI=1S/C17H16N2O3S/c1-23-16-9-4-13(5-10-16)6-11-17(20)18-12-14-2-7-15(8-3-14)19(21)22/h2-11H,12H2,1H3,(H,18,20). The molecule has 1 N–H and O–H groups in total. The summed E-state index contributed by atoms with van der Waals surface area (Å²) in [6, 6.07) is 14.0. The van der Waals surface area contributed by atoms with Crippen molar-refractivity contribution < 1.29 is 9.72 Å². The van der Waals surface area contributed by atoms with Gasteiger partial charge in [-0.15, -0.1) is 11.8 Å². The Kier molecular flexibility index (Phi) is 5.94. The fourth-order valence-corrected chi connectivity index (χ4v) is 2.28. The number of non-ortho nitro benzene ring substituents is 1. The second-order valence-electron chi connectivity index (χ2n) is 4.75. The second-order valence-corrected chi connectivity index (χ2v) is 5.63.